The van der Waals surface area contributed by atoms with Gasteiger partial charge in [0.2, 0.25) is 11.8 Å². The predicted octanol–water partition coefficient (Wildman–Crippen LogP) is 5.96. The van der Waals surface area contributed by atoms with Crippen LogP contribution in [0.15, 0.2) is 24.3 Å². The van der Waals surface area contributed by atoms with E-state index in [0.29, 0.717) is 19.3 Å². The van der Waals surface area contributed by atoms with Gasteiger partial charge in [-0.25, -0.2) is 0 Å². The highest BCUT2D eigenvalue weighted by atomic mass is 16.2. The third kappa shape index (κ3) is 9.14. The van der Waals surface area contributed by atoms with Gasteiger partial charge in [0, 0.05) is 0 Å². The maximum absolute atomic E-state index is 13.4. The van der Waals surface area contributed by atoms with E-state index in [1.807, 2.05) is 0 Å². The lowest BCUT2D eigenvalue weighted by molar-refractivity contribution is -0.139. The van der Waals surface area contributed by atoms with Gasteiger partial charge in [-0.15, -0.1) is 0 Å². The van der Waals surface area contributed by atoms with Crippen LogP contribution < -0.4 is 17.2 Å². The standard InChI is InChI=1S/C35H54N4O2/c1-22-17-24(3)28(25(4)18-22)13-9-7-11-15-32(36)39(35(41)31-21-30(31)34(38)40)33(37)16-12-8-10-14-29-26(5)19-23(2)20-27(29)6/h17-20,30-33H,7-16,21,36-37H2,1-6H3,(H2,38,40). The number of benzene rings is 2. The highest BCUT2D eigenvalue weighted by Gasteiger charge is 2.50. The zero-order valence-corrected chi connectivity index (χ0v) is 26.4. The van der Waals surface area contributed by atoms with E-state index in [9.17, 15) is 9.59 Å². The van der Waals surface area contributed by atoms with Gasteiger partial charge in [-0.3, -0.25) is 9.59 Å². The molecule has 4 unspecified atom stereocenters. The van der Waals surface area contributed by atoms with Gasteiger partial charge in [0.15, 0.2) is 0 Å². The molecule has 0 heterocycles. The Bertz CT molecular complexity index is 1090. The lowest BCUT2D eigenvalue weighted by Gasteiger charge is -2.35. The minimum absolute atomic E-state index is 0.106. The third-order valence-corrected chi connectivity index (χ3v) is 8.98. The summed E-state index contributed by atoms with van der Waals surface area (Å²) in [5, 5.41) is 0. The molecule has 1 aliphatic carbocycles. The van der Waals surface area contributed by atoms with Crippen LogP contribution in [0.5, 0.6) is 0 Å². The summed E-state index contributed by atoms with van der Waals surface area (Å²) in [5.41, 5.74) is 29.7. The number of hydrogen-bond donors (Lipinski definition) is 3. The molecular formula is C35H54N4O2. The van der Waals surface area contributed by atoms with Gasteiger partial charge in [-0.2, -0.15) is 0 Å². The van der Waals surface area contributed by atoms with Crippen molar-refractivity contribution in [1.82, 2.24) is 4.90 Å². The highest BCUT2D eigenvalue weighted by Crippen LogP contribution is 2.40. The van der Waals surface area contributed by atoms with Crippen molar-refractivity contribution in [3.63, 3.8) is 0 Å². The minimum atomic E-state index is -0.452. The molecule has 0 aromatic heterocycles. The van der Waals surface area contributed by atoms with E-state index >= 15 is 0 Å². The van der Waals surface area contributed by atoms with Crippen molar-refractivity contribution < 1.29 is 9.59 Å². The van der Waals surface area contributed by atoms with Crippen LogP contribution in [0.3, 0.4) is 0 Å². The lowest BCUT2D eigenvalue weighted by atomic mass is 9.95. The highest BCUT2D eigenvalue weighted by molar-refractivity contribution is 5.92. The zero-order chi connectivity index (χ0) is 30.3. The summed E-state index contributed by atoms with van der Waals surface area (Å²) in [6.07, 6.45) is 9.24. The van der Waals surface area contributed by atoms with Crippen LogP contribution in [0.25, 0.3) is 0 Å². The van der Waals surface area contributed by atoms with Crippen molar-refractivity contribution in [3.05, 3.63) is 68.8 Å². The molecule has 1 fully saturated rings. The molecule has 2 amide bonds. The first-order valence-corrected chi connectivity index (χ1v) is 15.7. The summed E-state index contributed by atoms with van der Waals surface area (Å²) in [5.74, 6) is -1.27. The van der Waals surface area contributed by atoms with Crippen molar-refractivity contribution in [2.75, 3.05) is 0 Å². The topological polar surface area (TPSA) is 115 Å². The average molecular weight is 563 g/mol. The van der Waals surface area contributed by atoms with Gasteiger partial charge in [0.05, 0.1) is 24.2 Å². The fraction of sp³-hybridized carbons (Fsp3) is 0.600. The van der Waals surface area contributed by atoms with Crippen LogP contribution in [0.2, 0.25) is 0 Å². The molecule has 0 radical (unpaired) electrons. The minimum Gasteiger partial charge on any atom is -0.369 e. The van der Waals surface area contributed by atoms with Gasteiger partial charge < -0.3 is 22.1 Å². The summed E-state index contributed by atoms with van der Waals surface area (Å²) in [7, 11) is 0. The van der Waals surface area contributed by atoms with E-state index in [1.165, 1.54) is 44.5 Å². The molecular weight excluding hydrogens is 508 g/mol. The summed E-state index contributed by atoms with van der Waals surface area (Å²) in [6, 6.07) is 9.02. The molecule has 4 atom stereocenters. The van der Waals surface area contributed by atoms with Gasteiger partial charge >= 0.3 is 0 Å². The fourth-order valence-corrected chi connectivity index (χ4v) is 6.70. The molecule has 3 rings (SSSR count). The number of aryl methyl sites for hydroxylation is 6. The summed E-state index contributed by atoms with van der Waals surface area (Å²) < 4.78 is 0. The van der Waals surface area contributed by atoms with Crippen molar-refractivity contribution in [2.45, 2.75) is 125 Å². The number of amides is 2. The molecule has 1 aliphatic rings. The Balaban J connectivity index is 1.50. The van der Waals surface area contributed by atoms with Crippen LogP contribution in [0.1, 0.15) is 102 Å². The summed E-state index contributed by atoms with van der Waals surface area (Å²) in [4.78, 5) is 26.8. The Hall–Kier alpha value is -2.70. The van der Waals surface area contributed by atoms with E-state index in [0.717, 1.165) is 51.4 Å². The molecule has 0 spiro atoms. The van der Waals surface area contributed by atoms with Crippen LogP contribution in [-0.4, -0.2) is 29.0 Å². The van der Waals surface area contributed by atoms with Crippen molar-refractivity contribution in [2.24, 2.45) is 29.0 Å². The molecule has 1 saturated carbocycles. The quantitative estimate of drug-likeness (QED) is 0.173. The first-order valence-electron chi connectivity index (χ1n) is 15.7. The maximum atomic E-state index is 13.4. The molecule has 0 bridgehead atoms. The maximum Gasteiger partial charge on any atom is 0.228 e. The van der Waals surface area contributed by atoms with Gasteiger partial charge in [0.25, 0.3) is 0 Å². The van der Waals surface area contributed by atoms with E-state index < -0.39 is 18.2 Å². The fourth-order valence-electron chi connectivity index (χ4n) is 6.70. The number of carbonyl (C=O) groups is 2. The monoisotopic (exact) mass is 562 g/mol. The van der Waals surface area contributed by atoms with Crippen molar-refractivity contribution >= 4 is 11.8 Å². The van der Waals surface area contributed by atoms with Crippen molar-refractivity contribution in [1.29, 1.82) is 0 Å². The number of nitrogens with two attached hydrogens (primary N) is 3. The molecule has 6 N–H and O–H groups in total. The number of hydrogen-bond acceptors (Lipinski definition) is 4. The second-order valence-corrected chi connectivity index (χ2v) is 12.7. The van der Waals surface area contributed by atoms with E-state index in [2.05, 4.69) is 65.8 Å². The van der Waals surface area contributed by atoms with Gasteiger partial charge in [-0.1, -0.05) is 61.1 Å². The first-order chi connectivity index (χ1) is 19.4. The molecule has 41 heavy (non-hydrogen) atoms. The molecule has 6 nitrogen and oxygen atoms in total. The van der Waals surface area contributed by atoms with Crippen LogP contribution in [0, 0.1) is 53.4 Å². The first kappa shape index (κ1) is 32.8. The third-order valence-electron chi connectivity index (χ3n) is 8.98. The summed E-state index contributed by atoms with van der Waals surface area (Å²) >= 11 is 0. The van der Waals surface area contributed by atoms with Crippen LogP contribution >= 0.6 is 0 Å². The Labute approximate surface area is 248 Å². The zero-order valence-electron chi connectivity index (χ0n) is 26.4. The molecule has 2 aromatic carbocycles. The number of nitrogens with zero attached hydrogens (tertiary/aromatic N) is 1. The molecule has 0 saturated heterocycles. The smallest absolute Gasteiger partial charge is 0.228 e. The van der Waals surface area contributed by atoms with Crippen LogP contribution in [-0.2, 0) is 22.4 Å². The van der Waals surface area contributed by atoms with Gasteiger partial charge in [0.1, 0.15) is 0 Å². The van der Waals surface area contributed by atoms with Gasteiger partial charge in [-0.05, 0) is 120 Å². The van der Waals surface area contributed by atoms with E-state index in [4.69, 9.17) is 17.2 Å². The Morgan fingerprint density at radius 1 is 0.683 bits per heavy atom. The molecule has 6 heteroatoms. The largest absolute Gasteiger partial charge is 0.369 e. The number of carbonyl (C=O) groups excluding carboxylic acids is 2. The number of unbranched alkanes of at least 4 members (excludes halogenated alkanes) is 4. The Kier molecular flexibility index (Phi) is 12.0. The number of rotatable bonds is 16. The SMILES string of the molecule is Cc1cc(C)c(CCCCCC(N)N(C(=O)C2CC2C(N)=O)C(N)CCCCCc2c(C)cc(C)cc2C)c(C)c1. The van der Waals surface area contributed by atoms with E-state index in [-0.39, 0.29) is 17.7 Å². The molecule has 2 aromatic rings. The summed E-state index contributed by atoms with van der Waals surface area (Å²) in [6.45, 7) is 13.1. The Morgan fingerprint density at radius 2 is 1.07 bits per heavy atom. The second kappa shape index (κ2) is 15.0. The average Bonchev–Trinajstić information content (AvgIpc) is 3.68. The molecule has 226 valence electrons. The Morgan fingerprint density at radius 3 is 1.41 bits per heavy atom. The molecule has 0 aliphatic heterocycles. The lowest BCUT2D eigenvalue weighted by Crippen LogP contribution is -2.55. The van der Waals surface area contributed by atoms with Crippen LogP contribution in [0.4, 0.5) is 0 Å². The van der Waals surface area contributed by atoms with E-state index in [1.54, 1.807) is 4.90 Å². The second-order valence-electron chi connectivity index (χ2n) is 12.7. The predicted molar refractivity (Wildman–Crippen MR) is 169 cm³/mol. The normalized spacial score (nSPS) is 17.8. The van der Waals surface area contributed by atoms with Crippen molar-refractivity contribution in [3.8, 4) is 0 Å². The number of primary amides is 1.